The molecule has 1 heterocycles. The van der Waals surface area contributed by atoms with Crippen LogP contribution in [0.3, 0.4) is 0 Å². The molecule has 0 aliphatic heterocycles. The van der Waals surface area contributed by atoms with Crippen LogP contribution in [-0.4, -0.2) is 28.8 Å². The number of rotatable bonds is 5. The molecule has 1 aromatic carbocycles. The molecular formula is C14H18N4O. The highest BCUT2D eigenvalue weighted by molar-refractivity contribution is 5.95. The van der Waals surface area contributed by atoms with E-state index in [0.29, 0.717) is 24.3 Å². The molecule has 0 atom stereocenters. The first-order valence-electron chi connectivity index (χ1n) is 6.32. The predicted molar refractivity (Wildman–Crippen MR) is 74.3 cm³/mol. The van der Waals surface area contributed by atoms with Crippen LogP contribution in [0.25, 0.3) is 5.69 Å². The minimum Gasteiger partial charge on any atom is -0.352 e. The van der Waals surface area contributed by atoms with E-state index in [2.05, 4.69) is 10.4 Å². The van der Waals surface area contributed by atoms with Crippen LogP contribution in [0.2, 0.25) is 0 Å². The number of hydrogen-bond acceptors (Lipinski definition) is 3. The van der Waals surface area contributed by atoms with Crippen LogP contribution in [0.4, 0.5) is 0 Å². The van der Waals surface area contributed by atoms with E-state index < -0.39 is 0 Å². The van der Waals surface area contributed by atoms with Crippen LogP contribution in [0.1, 0.15) is 22.5 Å². The lowest BCUT2D eigenvalue weighted by Crippen LogP contribution is -2.26. The number of aryl methyl sites for hydroxylation is 1. The zero-order valence-electron chi connectivity index (χ0n) is 11.0. The number of aromatic nitrogens is 2. The van der Waals surface area contributed by atoms with Gasteiger partial charge < -0.3 is 11.1 Å². The largest absolute Gasteiger partial charge is 0.352 e. The second kappa shape index (κ2) is 6.15. The smallest absolute Gasteiger partial charge is 0.254 e. The number of hydrogen-bond donors (Lipinski definition) is 2. The van der Waals surface area contributed by atoms with E-state index in [-0.39, 0.29) is 5.91 Å². The Morgan fingerprint density at radius 2 is 2.11 bits per heavy atom. The minimum absolute atomic E-state index is 0.104. The van der Waals surface area contributed by atoms with Crippen LogP contribution >= 0.6 is 0 Å². The quantitative estimate of drug-likeness (QED) is 0.793. The van der Waals surface area contributed by atoms with Gasteiger partial charge in [0.05, 0.1) is 16.9 Å². The van der Waals surface area contributed by atoms with Gasteiger partial charge in [0, 0.05) is 12.7 Å². The Hall–Kier alpha value is -2.14. The van der Waals surface area contributed by atoms with Crippen molar-refractivity contribution in [2.75, 3.05) is 13.1 Å². The van der Waals surface area contributed by atoms with Gasteiger partial charge in [0.25, 0.3) is 5.91 Å². The summed E-state index contributed by atoms with van der Waals surface area (Å²) in [5, 5.41) is 7.19. The lowest BCUT2D eigenvalue weighted by atomic mass is 10.2. The van der Waals surface area contributed by atoms with Crippen molar-refractivity contribution in [1.82, 2.24) is 15.1 Å². The summed E-state index contributed by atoms with van der Waals surface area (Å²) in [6, 6.07) is 9.71. The zero-order valence-corrected chi connectivity index (χ0v) is 11.0. The van der Waals surface area contributed by atoms with E-state index in [9.17, 15) is 4.79 Å². The van der Waals surface area contributed by atoms with Crippen molar-refractivity contribution in [3.05, 3.63) is 47.8 Å². The van der Waals surface area contributed by atoms with Crippen LogP contribution < -0.4 is 11.1 Å². The Kier molecular flexibility index (Phi) is 4.30. The standard InChI is InChI=1S/C14H18N4O/c1-11-13(14(19)16-9-5-8-15)10-18(17-11)12-6-3-2-4-7-12/h2-4,6-7,10H,5,8-9,15H2,1H3,(H,16,19). The molecule has 2 aromatic rings. The summed E-state index contributed by atoms with van der Waals surface area (Å²) in [5.41, 5.74) is 7.65. The molecule has 0 saturated carbocycles. The molecule has 0 fully saturated rings. The lowest BCUT2D eigenvalue weighted by Gasteiger charge is -2.02. The zero-order chi connectivity index (χ0) is 13.7. The number of benzene rings is 1. The average Bonchev–Trinajstić information content (AvgIpc) is 2.82. The maximum absolute atomic E-state index is 12.0. The number of carbonyl (C=O) groups excluding carboxylic acids is 1. The van der Waals surface area contributed by atoms with E-state index >= 15 is 0 Å². The molecule has 1 amide bonds. The maximum atomic E-state index is 12.0. The molecule has 5 heteroatoms. The van der Waals surface area contributed by atoms with Gasteiger partial charge in [0.2, 0.25) is 0 Å². The van der Waals surface area contributed by atoms with E-state index in [1.807, 2.05) is 37.3 Å². The third kappa shape index (κ3) is 3.20. The van der Waals surface area contributed by atoms with Crippen molar-refractivity contribution >= 4 is 5.91 Å². The van der Waals surface area contributed by atoms with E-state index in [1.165, 1.54) is 0 Å². The van der Waals surface area contributed by atoms with Gasteiger partial charge in [-0.05, 0) is 32.0 Å². The van der Waals surface area contributed by atoms with Gasteiger partial charge in [0.15, 0.2) is 0 Å². The monoisotopic (exact) mass is 258 g/mol. The number of amides is 1. The molecule has 0 aliphatic rings. The SMILES string of the molecule is Cc1nn(-c2ccccc2)cc1C(=O)NCCCN. The normalized spacial score (nSPS) is 10.4. The molecule has 0 radical (unpaired) electrons. The van der Waals surface area contributed by atoms with Crippen LogP contribution in [0.5, 0.6) is 0 Å². The fraction of sp³-hybridized carbons (Fsp3) is 0.286. The Bertz CT molecular complexity index is 548. The lowest BCUT2D eigenvalue weighted by molar-refractivity contribution is 0.0953. The van der Waals surface area contributed by atoms with E-state index in [4.69, 9.17) is 5.73 Å². The van der Waals surface area contributed by atoms with Gasteiger partial charge >= 0.3 is 0 Å². The summed E-state index contributed by atoms with van der Waals surface area (Å²) in [6.07, 6.45) is 2.53. The van der Waals surface area contributed by atoms with Gasteiger partial charge in [0.1, 0.15) is 0 Å². The first-order valence-corrected chi connectivity index (χ1v) is 6.32. The minimum atomic E-state index is -0.104. The van der Waals surface area contributed by atoms with Crippen molar-refractivity contribution in [3.8, 4) is 5.69 Å². The van der Waals surface area contributed by atoms with Gasteiger partial charge in [-0.3, -0.25) is 4.79 Å². The second-order valence-corrected chi connectivity index (χ2v) is 4.31. The number of nitrogens with zero attached hydrogens (tertiary/aromatic N) is 2. The second-order valence-electron chi connectivity index (χ2n) is 4.31. The Morgan fingerprint density at radius 3 is 2.79 bits per heavy atom. The van der Waals surface area contributed by atoms with E-state index in [0.717, 1.165) is 12.1 Å². The molecule has 100 valence electrons. The molecule has 19 heavy (non-hydrogen) atoms. The molecule has 3 N–H and O–H groups in total. The summed E-state index contributed by atoms with van der Waals surface area (Å²) in [7, 11) is 0. The molecule has 0 bridgehead atoms. The van der Waals surface area contributed by atoms with Crippen LogP contribution in [0, 0.1) is 6.92 Å². The molecular weight excluding hydrogens is 240 g/mol. The van der Waals surface area contributed by atoms with Crippen molar-refractivity contribution in [2.45, 2.75) is 13.3 Å². The highest BCUT2D eigenvalue weighted by Crippen LogP contribution is 2.11. The topological polar surface area (TPSA) is 72.9 Å². The Balaban J connectivity index is 2.15. The van der Waals surface area contributed by atoms with Crippen molar-refractivity contribution in [1.29, 1.82) is 0 Å². The summed E-state index contributed by atoms with van der Waals surface area (Å²) in [6.45, 7) is 2.99. The van der Waals surface area contributed by atoms with Gasteiger partial charge in [-0.1, -0.05) is 18.2 Å². The van der Waals surface area contributed by atoms with Crippen molar-refractivity contribution < 1.29 is 4.79 Å². The highest BCUT2D eigenvalue weighted by Gasteiger charge is 2.13. The number of nitrogens with two attached hydrogens (primary N) is 1. The fourth-order valence-electron chi connectivity index (χ4n) is 1.80. The summed E-state index contributed by atoms with van der Waals surface area (Å²) >= 11 is 0. The van der Waals surface area contributed by atoms with Gasteiger partial charge in [-0.25, -0.2) is 4.68 Å². The highest BCUT2D eigenvalue weighted by atomic mass is 16.1. The number of para-hydroxylation sites is 1. The van der Waals surface area contributed by atoms with Crippen LogP contribution in [-0.2, 0) is 0 Å². The van der Waals surface area contributed by atoms with Crippen molar-refractivity contribution in [3.63, 3.8) is 0 Å². The summed E-state index contributed by atoms with van der Waals surface area (Å²) in [5.74, 6) is -0.104. The molecule has 1 aromatic heterocycles. The predicted octanol–water partition coefficient (Wildman–Crippen LogP) is 1.26. The molecule has 2 rings (SSSR count). The average molecular weight is 258 g/mol. The van der Waals surface area contributed by atoms with Crippen LogP contribution in [0.15, 0.2) is 36.5 Å². The summed E-state index contributed by atoms with van der Waals surface area (Å²) in [4.78, 5) is 12.0. The third-order valence-electron chi connectivity index (χ3n) is 2.83. The van der Waals surface area contributed by atoms with Gasteiger partial charge in [-0.15, -0.1) is 0 Å². The third-order valence-corrected chi connectivity index (χ3v) is 2.83. The molecule has 5 nitrogen and oxygen atoms in total. The Labute approximate surface area is 112 Å². The molecule has 0 spiro atoms. The number of nitrogens with one attached hydrogen (secondary N) is 1. The Morgan fingerprint density at radius 1 is 1.37 bits per heavy atom. The molecule has 0 aliphatic carbocycles. The fourth-order valence-corrected chi connectivity index (χ4v) is 1.80. The van der Waals surface area contributed by atoms with E-state index in [1.54, 1.807) is 10.9 Å². The molecule has 0 unspecified atom stereocenters. The maximum Gasteiger partial charge on any atom is 0.254 e. The summed E-state index contributed by atoms with van der Waals surface area (Å²) < 4.78 is 1.72. The van der Waals surface area contributed by atoms with Crippen molar-refractivity contribution in [2.24, 2.45) is 5.73 Å². The van der Waals surface area contributed by atoms with Gasteiger partial charge in [-0.2, -0.15) is 5.10 Å². The number of carbonyl (C=O) groups is 1. The first kappa shape index (κ1) is 13.3. The first-order chi connectivity index (χ1) is 9.22. The molecule has 0 saturated heterocycles.